The third-order valence-electron chi connectivity index (χ3n) is 5.49. The molecule has 1 amide bonds. The number of aryl methyl sites for hydroxylation is 1. The molecule has 0 aliphatic carbocycles. The minimum Gasteiger partial charge on any atom is -0.489 e. The van der Waals surface area contributed by atoms with Gasteiger partial charge in [0.15, 0.2) is 0 Å². The van der Waals surface area contributed by atoms with Gasteiger partial charge in [-0.25, -0.2) is 0 Å². The fourth-order valence-electron chi connectivity index (χ4n) is 3.68. The van der Waals surface area contributed by atoms with Gasteiger partial charge >= 0.3 is 5.97 Å². The Morgan fingerprint density at radius 3 is 2.69 bits per heavy atom. The van der Waals surface area contributed by atoms with E-state index in [1.54, 1.807) is 4.90 Å². The smallest absolute Gasteiger partial charge is 0.313 e. The van der Waals surface area contributed by atoms with E-state index in [0.29, 0.717) is 25.3 Å². The van der Waals surface area contributed by atoms with Crippen LogP contribution in [0.25, 0.3) is 0 Å². The SMILES string of the molecule is COCC1(C(=O)O)CCN(C(=O)Cc2cccc(OCc3ccccc3C)c2)C1. The molecule has 2 aromatic rings. The molecule has 1 N–H and O–H groups in total. The van der Waals surface area contributed by atoms with Gasteiger partial charge in [-0.1, -0.05) is 36.4 Å². The second-order valence-electron chi connectivity index (χ2n) is 7.62. The largest absolute Gasteiger partial charge is 0.489 e. The van der Waals surface area contributed by atoms with E-state index in [0.717, 1.165) is 11.1 Å². The molecule has 6 heteroatoms. The molecular weight excluding hydrogens is 370 g/mol. The normalized spacial score (nSPS) is 18.6. The summed E-state index contributed by atoms with van der Waals surface area (Å²) >= 11 is 0. The Kier molecular flexibility index (Phi) is 6.54. The molecule has 0 saturated carbocycles. The fraction of sp³-hybridized carbons (Fsp3) is 0.391. The summed E-state index contributed by atoms with van der Waals surface area (Å²) in [6.07, 6.45) is 0.617. The number of hydrogen-bond donors (Lipinski definition) is 1. The lowest BCUT2D eigenvalue weighted by molar-refractivity contribution is -0.151. The molecule has 0 spiro atoms. The Morgan fingerprint density at radius 2 is 1.97 bits per heavy atom. The average molecular weight is 397 g/mol. The summed E-state index contributed by atoms with van der Waals surface area (Å²) < 4.78 is 11.0. The minimum absolute atomic E-state index is 0.0831. The third kappa shape index (κ3) is 4.95. The first-order chi connectivity index (χ1) is 13.9. The second-order valence-corrected chi connectivity index (χ2v) is 7.62. The summed E-state index contributed by atoms with van der Waals surface area (Å²) in [5, 5.41) is 9.56. The number of carboxylic acids is 1. The quantitative estimate of drug-likeness (QED) is 0.741. The molecule has 1 heterocycles. The van der Waals surface area contributed by atoms with Crippen molar-refractivity contribution >= 4 is 11.9 Å². The van der Waals surface area contributed by atoms with Gasteiger partial charge in [0.2, 0.25) is 5.91 Å². The summed E-state index contributed by atoms with van der Waals surface area (Å²) in [5.41, 5.74) is 2.13. The highest BCUT2D eigenvalue weighted by molar-refractivity contribution is 5.82. The van der Waals surface area contributed by atoms with Gasteiger partial charge in [-0.3, -0.25) is 9.59 Å². The second kappa shape index (κ2) is 9.09. The first-order valence-corrected chi connectivity index (χ1v) is 9.70. The van der Waals surface area contributed by atoms with Gasteiger partial charge in [0.25, 0.3) is 0 Å². The summed E-state index contributed by atoms with van der Waals surface area (Å²) in [6.45, 7) is 3.23. The van der Waals surface area contributed by atoms with Gasteiger partial charge in [0.1, 0.15) is 17.8 Å². The Hall–Kier alpha value is -2.86. The number of hydrogen-bond acceptors (Lipinski definition) is 4. The van der Waals surface area contributed by atoms with E-state index in [9.17, 15) is 14.7 Å². The maximum absolute atomic E-state index is 12.7. The van der Waals surface area contributed by atoms with Gasteiger partial charge < -0.3 is 19.5 Å². The van der Waals surface area contributed by atoms with Gasteiger partial charge in [-0.2, -0.15) is 0 Å². The van der Waals surface area contributed by atoms with Crippen LogP contribution in [-0.4, -0.2) is 48.7 Å². The zero-order chi connectivity index (χ0) is 20.9. The number of carbonyl (C=O) groups is 2. The molecule has 0 aromatic heterocycles. The van der Waals surface area contributed by atoms with Crippen LogP contribution < -0.4 is 4.74 Å². The lowest BCUT2D eigenvalue weighted by Crippen LogP contribution is -2.40. The molecule has 1 atom stereocenters. The summed E-state index contributed by atoms with van der Waals surface area (Å²) in [7, 11) is 1.48. The number of rotatable bonds is 8. The van der Waals surface area contributed by atoms with Crippen molar-refractivity contribution in [2.45, 2.75) is 26.4 Å². The highest BCUT2D eigenvalue weighted by Crippen LogP contribution is 2.31. The van der Waals surface area contributed by atoms with E-state index in [4.69, 9.17) is 9.47 Å². The molecular formula is C23H27NO5. The topological polar surface area (TPSA) is 76.1 Å². The van der Waals surface area contributed by atoms with Gasteiger partial charge in [-0.15, -0.1) is 0 Å². The van der Waals surface area contributed by atoms with Gasteiger partial charge in [0, 0.05) is 20.2 Å². The Morgan fingerprint density at radius 1 is 1.17 bits per heavy atom. The molecule has 1 saturated heterocycles. The number of carboxylic acid groups (broad SMARTS) is 1. The van der Waals surface area contributed by atoms with E-state index in [2.05, 4.69) is 0 Å². The number of aliphatic carboxylic acids is 1. The molecule has 6 nitrogen and oxygen atoms in total. The molecule has 2 aromatic carbocycles. The molecule has 1 aliphatic rings. The zero-order valence-corrected chi connectivity index (χ0v) is 16.9. The van der Waals surface area contributed by atoms with Crippen LogP contribution in [0.1, 0.15) is 23.1 Å². The van der Waals surface area contributed by atoms with Crippen molar-refractivity contribution in [1.29, 1.82) is 0 Å². The van der Waals surface area contributed by atoms with Crippen molar-refractivity contribution in [3.8, 4) is 5.75 Å². The number of amides is 1. The van der Waals surface area contributed by atoms with Crippen LogP contribution in [0.5, 0.6) is 5.75 Å². The van der Waals surface area contributed by atoms with E-state index < -0.39 is 11.4 Å². The third-order valence-corrected chi connectivity index (χ3v) is 5.49. The lowest BCUT2D eigenvalue weighted by atomic mass is 9.88. The number of methoxy groups -OCH3 is 1. The van der Waals surface area contributed by atoms with Crippen LogP contribution in [0.2, 0.25) is 0 Å². The first-order valence-electron chi connectivity index (χ1n) is 9.70. The molecule has 0 bridgehead atoms. The van der Waals surface area contributed by atoms with Crippen LogP contribution in [0.4, 0.5) is 0 Å². The maximum atomic E-state index is 12.7. The number of likely N-dealkylation sites (tertiary alicyclic amines) is 1. The Labute approximate surface area is 171 Å². The van der Waals surface area contributed by atoms with Crippen molar-refractivity contribution in [3.05, 3.63) is 65.2 Å². The van der Waals surface area contributed by atoms with Crippen molar-refractivity contribution < 1.29 is 24.2 Å². The van der Waals surface area contributed by atoms with Crippen LogP contribution in [0.3, 0.4) is 0 Å². The Bertz CT molecular complexity index is 881. The van der Waals surface area contributed by atoms with Crippen molar-refractivity contribution in [3.63, 3.8) is 0 Å². The maximum Gasteiger partial charge on any atom is 0.313 e. The predicted molar refractivity (Wildman–Crippen MR) is 109 cm³/mol. The minimum atomic E-state index is -1.01. The molecule has 154 valence electrons. The zero-order valence-electron chi connectivity index (χ0n) is 16.9. The van der Waals surface area contributed by atoms with E-state index in [-0.39, 0.29) is 25.5 Å². The van der Waals surface area contributed by atoms with Crippen molar-refractivity contribution in [1.82, 2.24) is 4.90 Å². The standard InChI is InChI=1S/C23H27NO5/c1-17-6-3-4-8-19(17)14-29-20-9-5-7-18(12-20)13-21(25)24-11-10-23(15-24,16-28-2)22(26)27/h3-9,12H,10-11,13-16H2,1-2H3,(H,26,27). The first kappa shape index (κ1) is 20.9. The van der Waals surface area contributed by atoms with Crippen LogP contribution >= 0.6 is 0 Å². The van der Waals surface area contributed by atoms with E-state index >= 15 is 0 Å². The number of nitrogens with zero attached hydrogens (tertiary/aromatic N) is 1. The summed E-state index contributed by atoms with van der Waals surface area (Å²) in [4.78, 5) is 26.0. The van der Waals surface area contributed by atoms with Crippen LogP contribution in [0.15, 0.2) is 48.5 Å². The van der Waals surface area contributed by atoms with E-state index in [1.165, 1.54) is 12.7 Å². The highest BCUT2D eigenvalue weighted by atomic mass is 16.5. The highest BCUT2D eigenvalue weighted by Gasteiger charge is 2.46. The summed E-state index contributed by atoms with van der Waals surface area (Å²) in [5.74, 6) is -0.291. The van der Waals surface area contributed by atoms with Crippen LogP contribution in [-0.2, 0) is 27.4 Å². The van der Waals surface area contributed by atoms with Crippen molar-refractivity contribution in [2.75, 3.05) is 26.8 Å². The number of carbonyl (C=O) groups excluding carboxylic acids is 1. The van der Waals surface area contributed by atoms with E-state index in [1.807, 2.05) is 55.5 Å². The molecule has 0 radical (unpaired) electrons. The molecule has 1 aliphatic heterocycles. The number of ether oxygens (including phenoxy) is 2. The monoisotopic (exact) mass is 397 g/mol. The lowest BCUT2D eigenvalue weighted by Gasteiger charge is -2.23. The van der Waals surface area contributed by atoms with Gasteiger partial charge in [0.05, 0.1) is 13.0 Å². The summed E-state index contributed by atoms with van der Waals surface area (Å²) in [6, 6.07) is 15.5. The molecule has 1 fully saturated rings. The Balaban J connectivity index is 1.61. The molecule has 29 heavy (non-hydrogen) atoms. The molecule has 1 unspecified atom stereocenters. The van der Waals surface area contributed by atoms with Crippen molar-refractivity contribution in [2.24, 2.45) is 5.41 Å². The fourth-order valence-corrected chi connectivity index (χ4v) is 3.68. The number of benzene rings is 2. The van der Waals surface area contributed by atoms with Crippen LogP contribution in [0, 0.1) is 12.3 Å². The predicted octanol–water partition coefficient (Wildman–Crippen LogP) is 3.07. The van der Waals surface area contributed by atoms with Gasteiger partial charge in [-0.05, 0) is 42.2 Å². The molecule has 3 rings (SSSR count). The average Bonchev–Trinajstić information content (AvgIpc) is 3.14.